The maximum atomic E-state index is 11.8. The van der Waals surface area contributed by atoms with Crippen molar-refractivity contribution < 1.29 is 19.5 Å². The molecule has 0 aliphatic heterocycles. The van der Waals surface area contributed by atoms with Crippen LogP contribution in [0.15, 0.2) is 12.1 Å². The topological polar surface area (TPSA) is 99.6 Å². The molecule has 0 saturated carbocycles. The van der Waals surface area contributed by atoms with Crippen molar-refractivity contribution in [1.82, 2.24) is 15.2 Å². The van der Waals surface area contributed by atoms with Crippen LogP contribution < -0.4 is 5.32 Å². The molecule has 0 aliphatic carbocycles. The van der Waals surface area contributed by atoms with Crippen molar-refractivity contribution in [3.8, 4) is 0 Å². The minimum Gasteiger partial charge on any atom is -0.478 e. The van der Waals surface area contributed by atoms with Crippen LogP contribution in [-0.2, 0) is 4.79 Å². The summed E-state index contributed by atoms with van der Waals surface area (Å²) in [6.07, 6.45) is 0. The highest BCUT2D eigenvalue weighted by atomic mass is 16.4. The normalized spacial score (nSPS) is 9.95. The summed E-state index contributed by atoms with van der Waals surface area (Å²) in [5.74, 6) is -1.82. The van der Waals surface area contributed by atoms with Crippen molar-refractivity contribution in [2.24, 2.45) is 0 Å². The van der Waals surface area contributed by atoms with Crippen molar-refractivity contribution in [3.63, 3.8) is 0 Å². The fourth-order valence-corrected chi connectivity index (χ4v) is 1.47. The van der Waals surface area contributed by atoms with Crippen molar-refractivity contribution in [2.75, 3.05) is 20.1 Å². The standard InChI is InChI=1S/C13H17N3O4/c1-4-16(3)11(17)7-14-12(18)10-6-5-9(13(19)20)8(2)15-10/h5-6H,4,7H2,1-3H3,(H,14,18)(H,19,20). The number of aromatic nitrogens is 1. The van der Waals surface area contributed by atoms with Gasteiger partial charge in [0.1, 0.15) is 5.69 Å². The molecule has 0 unspecified atom stereocenters. The van der Waals surface area contributed by atoms with Gasteiger partial charge in [0, 0.05) is 13.6 Å². The van der Waals surface area contributed by atoms with Gasteiger partial charge < -0.3 is 15.3 Å². The Hall–Kier alpha value is -2.44. The molecule has 0 radical (unpaired) electrons. The highest BCUT2D eigenvalue weighted by Gasteiger charge is 2.14. The summed E-state index contributed by atoms with van der Waals surface area (Å²) in [4.78, 5) is 39.6. The fraction of sp³-hybridized carbons (Fsp3) is 0.385. The molecule has 7 nitrogen and oxygen atoms in total. The van der Waals surface area contributed by atoms with Crippen LogP contribution >= 0.6 is 0 Å². The second-order valence-corrected chi connectivity index (χ2v) is 4.23. The zero-order valence-corrected chi connectivity index (χ0v) is 11.6. The molecule has 0 atom stereocenters. The molecule has 0 aromatic carbocycles. The van der Waals surface area contributed by atoms with Crippen LogP contribution in [0.4, 0.5) is 0 Å². The van der Waals surface area contributed by atoms with Crippen LogP contribution in [0.25, 0.3) is 0 Å². The lowest BCUT2D eigenvalue weighted by Crippen LogP contribution is -2.38. The number of likely N-dealkylation sites (N-methyl/N-ethyl adjacent to an activating group) is 1. The van der Waals surface area contributed by atoms with E-state index in [4.69, 9.17) is 5.11 Å². The molecule has 0 saturated heterocycles. The number of carboxylic acids is 1. The monoisotopic (exact) mass is 279 g/mol. The van der Waals surface area contributed by atoms with E-state index in [9.17, 15) is 14.4 Å². The van der Waals surface area contributed by atoms with Gasteiger partial charge in [0.05, 0.1) is 17.8 Å². The smallest absolute Gasteiger partial charge is 0.337 e. The first kappa shape index (κ1) is 15.6. The van der Waals surface area contributed by atoms with Gasteiger partial charge in [-0.25, -0.2) is 9.78 Å². The fourth-order valence-electron chi connectivity index (χ4n) is 1.47. The predicted molar refractivity (Wildman–Crippen MR) is 71.6 cm³/mol. The summed E-state index contributed by atoms with van der Waals surface area (Å²) in [5, 5.41) is 11.3. The summed E-state index contributed by atoms with van der Waals surface area (Å²) in [6.45, 7) is 3.77. The molecule has 0 aliphatic rings. The van der Waals surface area contributed by atoms with Crippen LogP contribution in [0.3, 0.4) is 0 Å². The minimum atomic E-state index is -1.10. The Bertz CT molecular complexity index is 542. The number of rotatable bonds is 5. The quantitative estimate of drug-likeness (QED) is 0.807. The van der Waals surface area contributed by atoms with E-state index in [0.29, 0.717) is 6.54 Å². The number of carbonyl (C=O) groups excluding carboxylic acids is 2. The first-order valence-electron chi connectivity index (χ1n) is 6.10. The van der Waals surface area contributed by atoms with E-state index in [2.05, 4.69) is 10.3 Å². The summed E-state index contributed by atoms with van der Waals surface area (Å²) in [6, 6.07) is 2.64. The number of hydrogen-bond donors (Lipinski definition) is 2. The molecule has 108 valence electrons. The van der Waals surface area contributed by atoms with Gasteiger partial charge in [-0.1, -0.05) is 0 Å². The largest absolute Gasteiger partial charge is 0.478 e. The third kappa shape index (κ3) is 3.78. The second-order valence-electron chi connectivity index (χ2n) is 4.23. The molecule has 1 heterocycles. The van der Waals surface area contributed by atoms with E-state index in [1.165, 1.54) is 24.0 Å². The van der Waals surface area contributed by atoms with E-state index in [-0.39, 0.29) is 29.4 Å². The Morgan fingerprint density at radius 2 is 2.00 bits per heavy atom. The molecule has 0 fully saturated rings. The number of carbonyl (C=O) groups is 3. The van der Waals surface area contributed by atoms with Gasteiger partial charge in [0.2, 0.25) is 5.91 Å². The van der Waals surface area contributed by atoms with Gasteiger partial charge in [-0.2, -0.15) is 0 Å². The molecule has 20 heavy (non-hydrogen) atoms. The molecular formula is C13H17N3O4. The van der Waals surface area contributed by atoms with Gasteiger partial charge in [0.15, 0.2) is 0 Å². The lowest BCUT2D eigenvalue weighted by atomic mass is 10.2. The third-order valence-corrected chi connectivity index (χ3v) is 2.85. The summed E-state index contributed by atoms with van der Waals surface area (Å²) in [5.41, 5.74) is 0.380. The number of nitrogens with zero attached hydrogens (tertiary/aromatic N) is 2. The van der Waals surface area contributed by atoms with Gasteiger partial charge in [0.25, 0.3) is 5.91 Å². The van der Waals surface area contributed by atoms with Crippen molar-refractivity contribution in [1.29, 1.82) is 0 Å². The molecule has 2 N–H and O–H groups in total. The minimum absolute atomic E-state index is 0.0448. The van der Waals surface area contributed by atoms with Crippen LogP contribution in [0.5, 0.6) is 0 Å². The molecular weight excluding hydrogens is 262 g/mol. The number of carboxylic acid groups (broad SMARTS) is 1. The average molecular weight is 279 g/mol. The number of aromatic carboxylic acids is 1. The maximum absolute atomic E-state index is 11.8. The molecule has 0 bridgehead atoms. The molecule has 0 spiro atoms. The Kier molecular flexibility index (Phi) is 5.19. The van der Waals surface area contributed by atoms with Gasteiger partial charge >= 0.3 is 5.97 Å². The first-order valence-corrected chi connectivity index (χ1v) is 6.10. The van der Waals surface area contributed by atoms with E-state index in [0.717, 1.165) is 0 Å². The number of nitrogens with one attached hydrogen (secondary N) is 1. The number of pyridine rings is 1. The Balaban J connectivity index is 2.72. The highest BCUT2D eigenvalue weighted by molar-refractivity contribution is 5.96. The lowest BCUT2D eigenvalue weighted by molar-refractivity contribution is -0.128. The summed E-state index contributed by atoms with van der Waals surface area (Å²) in [7, 11) is 1.64. The van der Waals surface area contributed by atoms with Gasteiger partial charge in [-0.05, 0) is 26.0 Å². The molecule has 7 heteroatoms. The predicted octanol–water partition coefficient (Wildman–Crippen LogP) is 0.296. The van der Waals surface area contributed by atoms with E-state index in [1.54, 1.807) is 7.05 Å². The molecule has 1 rings (SSSR count). The Labute approximate surface area is 116 Å². The SMILES string of the molecule is CCN(C)C(=O)CNC(=O)c1ccc(C(=O)O)c(C)n1. The van der Waals surface area contributed by atoms with Crippen molar-refractivity contribution >= 4 is 17.8 Å². The highest BCUT2D eigenvalue weighted by Crippen LogP contribution is 2.06. The second kappa shape index (κ2) is 6.65. The lowest BCUT2D eigenvalue weighted by Gasteiger charge is -2.14. The molecule has 2 amide bonds. The van der Waals surface area contributed by atoms with Crippen LogP contribution in [-0.4, -0.2) is 52.9 Å². The number of aryl methyl sites for hydroxylation is 1. The van der Waals surface area contributed by atoms with Crippen molar-refractivity contribution in [3.05, 3.63) is 29.1 Å². The van der Waals surface area contributed by atoms with Gasteiger partial charge in [-0.3, -0.25) is 9.59 Å². The summed E-state index contributed by atoms with van der Waals surface area (Å²) < 4.78 is 0. The maximum Gasteiger partial charge on any atom is 0.337 e. The Morgan fingerprint density at radius 1 is 1.35 bits per heavy atom. The molecule has 1 aromatic rings. The first-order chi connectivity index (χ1) is 9.36. The number of amides is 2. The summed E-state index contributed by atoms with van der Waals surface area (Å²) >= 11 is 0. The zero-order chi connectivity index (χ0) is 15.3. The van der Waals surface area contributed by atoms with Crippen LogP contribution in [0, 0.1) is 6.92 Å². The van der Waals surface area contributed by atoms with Crippen molar-refractivity contribution in [2.45, 2.75) is 13.8 Å². The van der Waals surface area contributed by atoms with E-state index in [1.807, 2.05) is 6.92 Å². The van der Waals surface area contributed by atoms with E-state index < -0.39 is 11.9 Å². The number of hydrogen-bond acceptors (Lipinski definition) is 4. The van der Waals surface area contributed by atoms with Crippen LogP contribution in [0.2, 0.25) is 0 Å². The third-order valence-electron chi connectivity index (χ3n) is 2.85. The molecule has 1 aromatic heterocycles. The zero-order valence-electron chi connectivity index (χ0n) is 11.6. The van der Waals surface area contributed by atoms with Gasteiger partial charge in [-0.15, -0.1) is 0 Å². The average Bonchev–Trinajstić information content (AvgIpc) is 2.42. The van der Waals surface area contributed by atoms with E-state index >= 15 is 0 Å². The Morgan fingerprint density at radius 3 is 2.50 bits per heavy atom. The van der Waals surface area contributed by atoms with Crippen LogP contribution in [0.1, 0.15) is 33.5 Å².